The van der Waals surface area contributed by atoms with Gasteiger partial charge in [-0.05, 0) is 37.8 Å². The van der Waals surface area contributed by atoms with Crippen molar-refractivity contribution in [1.29, 1.82) is 0 Å². The van der Waals surface area contributed by atoms with E-state index in [-0.39, 0.29) is 22.7 Å². The number of hydrogen-bond acceptors (Lipinski definition) is 6. The average molecular weight is 376 g/mol. The predicted octanol–water partition coefficient (Wildman–Crippen LogP) is 4.01. The zero-order valence-corrected chi connectivity index (χ0v) is 14.6. The van der Waals surface area contributed by atoms with Crippen LogP contribution in [0.2, 0.25) is 0 Å². The zero-order valence-electron chi connectivity index (χ0n) is 14.6. The summed E-state index contributed by atoms with van der Waals surface area (Å²) in [5.41, 5.74) is 6.14. The molecule has 2 aromatic carbocycles. The summed E-state index contributed by atoms with van der Waals surface area (Å²) in [7, 11) is 0. The molecule has 3 rings (SSSR count). The largest absolute Gasteiger partial charge is 0.377 e. The van der Waals surface area contributed by atoms with Gasteiger partial charge < -0.3 is 11.1 Å². The van der Waals surface area contributed by atoms with E-state index in [2.05, 4.69) is 5.32 Å². The van der Waals surface area contributed by atoms with Crippen LogP contribution in [0.25, 0.3) is 0 Å². The first-order chi connectivity index (χ1) is 12.9. The second-order valence-electron chi connectivity index (χ2n) is 6.25. The minimum absolute atomic E-state index is 0.131. The molecule has 0 radical (unpaired) electrons. The molecule has 1 aliphatic carbocycles. The van der Waals surface area contributed by atoms with E-state index >= 15 is 0 Å². The first-order valence-electron chi connectivity index (χ1n) is 8.53. The summed E-state index contributed by atoms with van der Waals surface area (Å²) in [5.74, 6) is -0.799. The molecule has 144 valence electrons. The Morgan fingerprint density at radius 2 is 1.56 bits per heavy atom. The summed E-state index contributed by atoms with van der Waals surface area (Å²) in [6.07, 6.45) is 4.04. The van der Waals surface area contributed by atoms with Crippen LogP contribution in [-0.2, 0) is 0 Å². The number of anilines is 1. The van der Waals surface area contributed by atoms with E-state index in [1.165, 1.54) is 18.2 Å². The van der Waals surface area contributed by atoms with Crippen molar-refractivity contribution in [2.75, 3.05) is 5.32 Å². The van der Waals surface area contributed by atoms with Gasteiger partial charge >= 0.3 is 5.69 Å². The molecular weight excluding hydrogens is 355 g/mol. The number of para-hydroxylation sites is 3. The van der Waals surface area contributed by atoms with Crippen LogP contribution in [0.15, 0.2) is 48.5 Å². The number of nitro groups is 2. The number of nitrogens with zero attached hydrogens (tertiary/aromatic N) is 2. The summed E-state index contributed by atoms with van der Waals surface area (Å²) >= 11 is 0. The third-order valence-corrected chi connectivity index (χ3v) is 4.22. The molecule has 0 heterocycles. The van der Waals surface area contributed by atoms with Gasteiger partial charge in [-0.2, -0.15) is 4.39 Å². The van der Waals surface area contributed by atoms with Gasteiger partial charge in [-0.1, -0.05) is 24.3 Å². The lowest BCUT2D eigenvalue weighted by molar-refractivity contribution is -0.387. The maximum absolute atomic E-state index is 12.4. The van der Waals surface area contributed by atoms with Gasteiger partial charge in [0.05, 0.1) is 9.85 Å². The summed E-state index contributed by atoms with van der Waals surface area (Å²) < 4.78 is 12.4. The zero-order chi connectivity index (χ0) is 19.8. The molecule has 0 amide bonds. The lowest BCUT2D eigenvalue weighted by atomic mass is 9.91. The van der Waals surface area contributed by atoms with Gasteiger partial charge in [0.15, 0.2) is 0 Å². The minimum Gasteiger partial charge on any atom is -0.377 e. The number of halogens is 1. The fourth-order valence-corrected chi connectivity index (χ4v) is 2.93. The molecule has 27 heavy (non-hydrogen) atoms. The van der Waals surface area contributed by atoms with Gasteiger partial charge in [0, 0.05) is 24.2 Å². The fourth-order valence-electron chi connectivity index (χ4n) is 2.93. The van der Waals surface area contributed by atoms with Crippen LogP contribution in [0.1, 0.15) is 25.7 Å². The first-order valence-corrected chi connectivity index (χ1v) is 8.53. The van der Waals surface area contributed by atoms with Gasteiger partial charge in [0.25, 0.3) is 5.69 Å². The molecule has 0 spiro atoms. The van der Waals surface area contributed by atoms with Gasteiger partial charge in [-0.3, -0.25) is 20.2 Å². The summed E-state index contributed by atoms with van der Waals surface area (Å²) in [4.78, 5) is 19.7. The number of nitrogens with two attached hydrogens (primary N) is 1. The second kappa shape index (κ2) is 9.58. The van der Waals surface area contributed by atoms with E-state index < -0.39 is 16.4 Å². The topological polar surface area (TPSA) is 124 Å². The Labute approximate surface area is 155 Å². The molecule has 1 saturated carbocycles. The van der Waals surface area contributed by atoms with Crippen LogP contribution in [0.3, 0.4) is 0 Å². The molecule has 0 bridgehead atoms. The van der Waals surface area contributed by atoms with Crippen molar-refractivity contribution in [3.8, 4) is 0 Å². The van der Waals surface area contributed by atoms with Gasteiger partial charge in [-0.15, -0.1) is 0 Å². The third-order valence-electron chi connectivity index (χ3n) is 4.22. The van der Waals surface area contributed by atoms with Crippen molar-refractivity contribution < 1.29 is 14.2 Å². The number of nitro benzene ring substituents is 2. The van der Waals surface area contributed by atoms with Crippen molar-refractivity contribution in [2.24, 2.45) is 5.73 Å². The Hall–Kier alpha value is -3.07. The Morgan fingerprint density at radius 1 is 0.963 bits per heavy atom. The minimum atomic E-state index is -0.799. The fraction of sp³-hybridized carbons (Fsp3) is 0.333. The van der Waals surface area contributed by atoms with Crippen molar-refractivity contribution in [2.45, 2.75) is 37.8 Å². The van der Waals surface area contributed by atoms with Crippen molar-refractivity contribution in [3.05, 3.63) is 74.6 Å². The molecule has 8 nitrogen and oxygen atoms in total. The highest BCUT2D eigenvalue weighted by Gasteiger charge is 2.21. The van der Waals surface area contributed by atoms with Gasteiger partial charge in [0.2, 0.25) is 5.82 Å². The SMILES string of the molecule is NC1CCCC(Nc2ccccc2[N+](=O)[O-])C1.O=[N+]([O-])c1ccccc1F. The van der Waals surface area contributed by atoms with E-state index in [9.17, 15) is 24.6 Å². The normalized spacial score (nSPS) is 18.7. The summed E-state index contributed by atoms with van der Waals surface area (Å²) in [6, 6.07) is 12.2. The van der Waals surface area contributed by atoms with Gasteiger partial charge in [-0.25, -0.2) is 0 Å². The smallest absolute Gasteiger partial charge is 0.304 e. The maximum atomic E-state index is 12.4. The Bertz CT molecular complexity index is 802. The van der Waals surface area contributed by atoms with Crippen molar-refractivity contribution in [3.63, 3.8) is 0 Å². The summed E-state index contributed by atoms with van der Waals surface area (Å²) in [5, 5.41) is 24.1. The molecular formula is C18H21FN4O4. The van der Waals surface area contributed by atoms with Crippen molar-refractivity contribution >= 4 is 17.1 Å². The van der Waals surface area contributed by atoms with Gasteiger partial charge in [0.1, 0.15) is 5.69 Å². The molecule has 9 heteroatoms. The average Bonchev–Trinajstić information content (AvgIpc) is 2.63. The van der Waals surface area contributed by atoms with Crippen LogP contribution in [-0.4, -0.2) is 21.9 Å². The molecule has 0 aromatic heterocycles. The first kappa shape index (κ1) is 20.2. The van der Waals surface area contributed by atoms with Crippen LogP contribution < -0.4 is 11.1 Å². The lowest BCUT2D eigenvalue weighted by Gasteiger charge is -2.27. The highest BCUT2D eigenvalue weighted by atomic mass is 19.1. The maximum Gasteiger partial charge on any atom is 0.304 e. The number of hydrogen-bond donors (Lipinski definition) is 2. The second-order valence-corrected chi connectivity index (χ2v) is 6.25. The quantitative estimate of drug-likeness (QED) is 0.613. The highest BCUT2D eigenvalue weighted by molar-refractivity contribution is 5.61. The lowest BCUT2D eigenvalue weighted by Crippen LogP contribution is -2.35. The highest BCUT2D eigenvalue weighted by Crippen LogP contribution is 2.27. The van der Waals surface area contributed by atoms with E-state index in [1.54, 1.807) is 18.2 Å². The standard InChI is InChI=1S/C12H17N3O2.C6H4FNO2/c13-9-4-3-5-10(8-9)14-11-6-1-2-7-12(11)15(16)17;7-5-3-1-2-4-6(5)8(9)10/h1-2,6-7,9-10,14H,3-5,8,13H2;1-4H. The number of nitrogens with one attached hydrogen (secondary N) is 1. The molecule has 2 unspecified atom stereocenters. The van der Waals surface area contributed by atoms with E-state index in [0.717, 1.165) is 37.8 Å². The summed E-state index contributed by atoms with van der Waals surface area (Å²) in [6.45, 7) is 0. The number of benzene rings is 2. The van der Waals surface area contributed by atoms with E-state index in [1.807, 2.05) is 0 Å². The van der Waals surface area contributed by atoms with Crippen LogP contribution in [0, 0.1) is 26.0 Å². The molecule has 2 atom stereocenters. The molecule has 3 N–H and O–H groups in total. The number of rotatable bonds is 4. The van der Waals surface area contributed by atoms with Crippen LogP contribution in [0.5, 0.6) is 0 Å². The monoisotopic (exact) mass is 376 g/mol. The molecule has 1 fully saturated rings. The third kappa shape index (κ3) is 6.00. The molecule has 0 aliphatic heterocycles. The van der Waals surface area contributed by atoms with E-state index in [4.69, 9.17) is 5.73 Å². The van der Waals surface area contributed by atoms with Crippen LogP contribution in [0.4, 0.5) is 21.5 Å². The predicted molar refractivity (Wildman–Crippen MR) is 100 cm³/mol. The van der Waals surface area contributed by atoms with Crippen molar-refractivity contribution in [1.82, 2.24) is 0 Å². The molecule has 0 saturated heterocycles. The van der Waals surface area contributed by atoms with E-state index in [0.29, 0.717) is 5.69 Å². The Morgan fingerprint density at radius 3 is 2.11 bits per heavy atom. The molecule has 2 aromatic rings. The Kier molecular flexibility index (Phi) is 7.18. The van der Waals surface area contributed by atoms with Crippen LogP contribution >= 0.6 is 0 Å². The Balaban J connectivity index is 0.000000223. The molecule has 1 aliphatic rings.